The Morgan fingerprint density at radius 3 is 1.55 bits per heavy atom. The summed E-state index contributed by atoms with van der Waals surface area (Å²) in [5.74, 6) is 0. The third kappa shape index (κ3) is 6.89. The summed E-state index contributed by atoms with van der Waals surface area (Å²) >= 11 is 0. The van der Waals surface area contributed by atoms with Crippen molar-refractivity contribution in [2.24, 2.45) is 0 Å². The van der Waals surface area contributed by atoms with Crippen LogP contribution >= 0.6 is 0 Å². The predicted molar refractivity (Wildman–Crippen MR) is 82.7 cm³/mol. The first-order chi connectivity index (χ1) is 10.3. The van der Waals surface area contributed by atoms with Crippen LogP contribution in [0.5, 0.6) is 0 Å². The average molecular weight is 320 g/mol. The van der Waals surface area contributed by atoms with Gasteiger partial charge in [0.15, 0.2) is 12.6 Å². The van der Waals surface area contributed by atoms with Crippen molar-refractivity contribution in [3.05, 3.63) is 0 Å². The smallest absolute Gasteiger partial charge is 0.187 e. The van der Waals surface area contributed by atoms with Gasteiger partial charge in [0.25, 0.3) is 0 Å². The van der Waals surface area contributed by atoms with Gasteiger partial charge in [-0.05, 0) is 41.5 Å². The Kier molecular flexibility index (Phi) is 8.82. The first-order valence-electron chi connectivity index (χ1n) is 8.05. The van der Waals surface area contributed by atoms with Crippen molar-refractivity contribution >= 4 is 0 Å². The number of methoxy groups -OCH3 is 1. The molecule has 1 aliphatic heterocycles. The van der Waals surface area contributed by atoms with E-state index in [0.717, 1.165) is 0 Å². The molecule has 0 radical (unpaired) electrons. The van der Waals surface area contributed by atoms with Gasteiger partial charge in [0, 0.05) is 7.11 Å². The molecule has 0 N–H and O–H groups in total. The van der Waals surface area contributed by atoms with Crippen LogP contribution in [0.1, 0.15) is 41.5 Å². The van der Waals surface area contributed by atoms with E-state index >= 15 is 0 Å². The molecule has 132 valence electrons. The predicted octanol–water partition coefficient (Wildman–Crippen LogP) is 2.34. The first-order valence-corrected chi connectivity index (χ1v) is 8.05. The van der Waals surface area contributed by atoms with E-state index in [1.54, 1.807) is 7.11 Å². The summed E-state index contributed by atoms with van der Waals surface area (Å²) in [5, 5.41) is 0. The van der Waals surface area contributed by atoms with Crippen LogP contribution in [-0.2, 0) is 28.4 Å². The summed E-state index contributed by atoms with van der Waals surface area (Å²) < 4.78 is 34.6. The van der Waals surface area contributed by atoms with Crippen molar-refractivity contribution in [1.82, 2.24) is 0 Å². The molecule has 1 saturated heterocycles. The van der Waals surface area contributed by atoms with Gasteiger partial charge in [0.2, 0.25) is 0 Å². The average Bonchev–Trinajstić information content (AvgIpc) is 2.39. The van der Waals surface area contributed by atoms with Gasteiger partial charge in [-0.15, -0.1) is 0 Å². The normalized spacial score (nSPS) is 29.7. The SMILES string of the molecule is COC[C@@H]1O[C@H](OC(C)C)[C@@H](COC(C)C)O[C@H]1OC(C)C. The zero-order chi connectivity index (χ0) is 16.7. The van der Waals surface area contributed by atoms with Gasteiger partial charge in [-0.3, -0.25) is 0 Å². The highest BCUT2D eigenvalue weighted by molar-refractivity contribution is 4.77. The lowest BCUT2D eigenvalue weighted by molar-refractivity contribution is -0.369. The molecule has 22 heavy (non-hydrogen) atoms. The second-order valence-corrected chi connectivity index (χ2v) is 6.29. The van der Waals surface area contributed by atoms with Crippen molar-refractivity contribution in [2.45, 2.75) is 84.6 Å². The van der Waals surface area contributed by atoms with E-state index in [2.05, 4.69) is 0 Å². The van der Waals surface area contributed by atoms with Crippen LogP contribution in [0.3, 0.4) is 0 Å². The summed E-state index contributed by atoms with van der Waals surface area (Å²) in [6.07, 6.45) is -1.47. The lowest BCUT2D eigenvalue weighted by Crippen LogP contribution is -2.55. The molecule has 0 aliphatic carbocycles. The third-order valence-corrected chi connectivity index (χ3v) is 2.96. The molecule has 0 aromatic rings. The minimum Gasteiger partial charge on any atom is -0.382 e. The molecule has 0 bridgehead atoms. The molecule has 0 spiro atoms. The zero-order valence-corrected chi connectivity index (χ0v) is 14.9. The molecular formula is C16H32O6. The van der Waals surface area contributed by atoms with Crippen LogP contribution in [-0.4, -0.2) is 63.4 Å². The Bertz CT molecular complexity index is 294. The molecule has 1 aliphatic rings. The second kappa shape index (κ2) is 9.80. The Balaban J connectivity index is 2.76. The zero-order valence-electron chi connectivity index (χ0n) is 14.9. The molecule has 6 nitrogen and oxygen atoms in total. The number of ether oxygens (including phenoxy) is 6. The van der Waals surface area contributed by atoms with E-state index in [1.807, 2.05) is 41.5 Å². The van der Waals surface area contributed by atoms with Crippen molar-refractivity contribution in [3.8, 4) is 0 Å². The van der Waals surface area contributed by atoms with Gasteiger partial charge >= 0.3 is 0 Å². The van der Waals surface area contributed by atoms with E-state index in [-0.39, 0.29) is 30.5 Å². The van der Waals surface area contributed by atoms with Gasteiger partial charge in [0.1, 0.15) is 12.2 Å². The highest BCUT2D eigenvalue weighted by Crippen LogP contribution is 2.25. The molecule has 0 amide bonds. The van der Waals surface area contributed by atoms with E-state index in [4.69, 9.17) is 28.4 Å². The van der Waals surface area contributed by atoms with E-state index in [9.17, 15) is 0 Å². The quantitative estimate of drug-likeness (QED) is 0.650. The number of rotatable bonds is 9. The van der Waals surface area contributed by atoms with Crippen LogP contribution in [0.4, 0.5) is 0 Å². The topological polar surface area (TPSA) is 55.4 Å². The lowest BCUT2D eigenvalue weighted by Gasteiger charge is -2.42. The fourth-order valence-electron chi connectivity index (χ4n) is 2.11. The standard InChI is InChI=1S/C16H32O6/c1-10(2)18-9-14-16(20-12(5)6)21-13(8-17-7)15(22-14)19-11(3)4/h10-16H,8-9H2,1-7H3/t13-,14+,15+,16-/m0/s1. The fraction of sp³-hybridized carbons (Fsp3) is 1.00. The molecule has 1 rings (SSSR count). The molecule has 0 saturated carbocycles. The van der Waals surface area contributed by atoms with Crippen molar-refractivity contribution in [3.63, 3.8) is 0 Å². The van der Waals surface area contributed by atoms with Crippen molar-refractivity contribution < 1.29 is 28.4 Å². The van der Waals surface area contributed by atoms with E-state index in [0.29, 0.717) is 13.2 Å². The molecule has 1 fully saturated rings. The van der Waals surface area contributed by atoms with Gasteiger partial charge in [-0.1, -0.05) is 0 Å². The monoisotopic (exact) mass is 320 g/mol. The summed E-state index contributed by atoms with van der Waals surface area (Å²) in [7, 11) is 1.63. The summed E-state index contributed by atoms with van der Waals surface area (Å²) in [6, 6.07) is 0. The minimum absolute atomic E-state index is 0.0286. The van der Waals surface area contributed by atoms with Gasteiger partial charge in [-0.2, -0.15) is 0 Å². The van der Waals surface area contributed by atoms with Gasteiger partial charge < -0.3 is 28.4 Å². The largest absolute Gasteiger partial charge is 0.382 e. The van der Waals surface area contributed by atoms with Crippen LogP contribution in [0.25, 0.3) is 0 Å². The highest BCUT2D eigenvalue weighted by atomic mass is 16.8. The Morgan fingerprint density at radius 2 is 1.18 bits per heavy atom. The molecule has 6 heteroatoms. The molecular weight excluding hydrogens is 288 g/mol. The molecule has 4 atom stereocenters. The second-order valence-electron chi connectivity index (χ2n) is 6.29. The Labute approximate surface area is 134 Å². The lowest BCUT2D eigenvalue weighted by atomic mass is 10.2. The maximum atomic E-state index is 6.05. The molecule has 0 unspecified atom stereocenters. The summed E-state index contributed by atoms with van der Waals surface area (Å²) in [4.78, 5) is 0. The molecule has 1 heterocycles. The maximum absolute atomic E-state index is 6.05. The third-order valence-electron chi connectivity index (χ3n) is 2.96. The Hall–Kier alpha value is -0.240. The Morgan fingerprint density at radius 1 is 0.727 bits per heavy atom. The van der Waals surface area contributed by atoms with Crippen LogP contribution < -0.4 is 0 Å². The highest BCUT2D eigenvalue weighted by Gasteiger charge is 2.41. The van der Waals surface area contributed by atoms with E-state index in [1.165, 1.54) is 0 Å². The van der Waals surface area contributed by atoms with Crippen LogP contribution in [0.15, 0.2) is 0 Å². The maximum Gasteiger partial charge on any atom is 0.187 e. The van der Waals surface area contributed by atoms with Gasteiger partial charge in [-0.25, -0.2) is 0 Å². The van der Waals surface area contributed by atoms with Gasteiger partial charge in [0.05, 0.1) is 31.5 Å². The van der Waals surface area contributed by atoms with Crippen LogP contribution in [0, 0.1) is 0 Å². The first kappa shape index (κ1) is 19.8. The molecule has 0 aromatic carbocycles. The molecule has 0 aromatic heterocycles. The van der Waals surface area contributed by atoms with Crippen molar-refractivity contribution in [1.29, 1.82) is 0 Å². The van der Waals surface area contributed by atoms with E-state index < -0.39 is 12.6 Å². The summed E-state index contributed by atoms with van der Waals surface area (Å²) in [5.41, 5.74) is 0. The minimum atomic E-state index is -0.495. The number of hydrogen-bond donors (Lipinski definition) is 0. The fourth-order valence-corrected chi connectivity index (χ4v) is 2.11. The number of hydrogen-bond acceptors (Lipinski definition) is 6. The summed E-state index contributed by atoms with van der Waals surface area (Å²) in [6.45, 7) is 12.6. The van der Waals surface area contributed by atoms with Crippen LogP contribution in [0.2, 0.25) is 0 Å². The van der Waals surface area contributed by atoms with Crippen molar-refractivity contribution in [2.75, 3.05) is 20.3 Å².